The zero-order chi connectivity index (χ0) is 12.5. The van der Waals surface area contributed by atoms with E-state index in [4.69, 9.17) is 0 Å². The molecule has 0 aliphatic rings. The van der Waals surface area contributed by atoms with Crippen LogP contribution in [0.3, 0.4) is 0 Å². The maximum atomic E-state index is 11.9. The van der Waals surface area contributed by atoms with E-state index in [0.717, 1.165) is 0 Å². The summed E-state index contributed by atoms with van der Waals surface area (Å²) in [5.74, 6) is 0.113. The summed E-state index contributed by atoms with van der Waals surface area (Å²) >= 11 is 0. The zero-order valence-electron chi connectivity index (χ0n) is 8.54. The summed E-state index contributed by atoms with van der Waals surface area (Å²) in [7, 11) is 0. The molecule has 2 aromatic rings. The van der Waals surface area contributed by atoms with Crippen molar-refractivity contribution in [2.24, 2.45) is 0 Å². The molecule has 1 aromatic heterocycles. The second-order valence-electron chi connectivity index (χ2n) is 3.48. The van der Waals surface area contributed by atoms with Crippen molar-refractivity contribution in [3.63, 3.8) is 0 Å². The minimum Gasteiger partial charge on any atom is -0.484 e. The summed E-state index contributed by atoms with van der Waals surface area (Å²) in [6.45, 7) is -1.33. The minimum absolute atomic E-state index is 0.113. The molecule has 0 saturated carbocycles. The molecule has 6 heteroatoms. The number of halogens is 3. The monoisotopic (exact) mass is 243 g/mol. The van der Waals surface area contributed by atoms with Gasteiger partial charge in [-0.1, -0.05) is 0 Å². The van der Waals surface area contributed by atoms with Crippen LogP contribution in [0.5, 0.6) is 5.75 Å². The third-order valence-corrected chi connectivity index (χ3v) is 2.10. The summed E-state index contributed by atoms with van der Waals surface area (Å²) in [5.41, 5.74) is 0.290. The van der Waals surface area contributed by atoms with Crippen molar-refractivity contribution in [3.8, 4) is 5.75 Å². The van der Waals surface area contributed by atoms with Gasteiger partial charge >= 0.3 is 6.18 Å². The van der Waals surface area contributed by atoms with E-state index in [1.54, 1.807) is 0 Å². The summed E-state index contributed by atoms with van der Waals surface area (Å²) < 4.78 is 40.4. The lowest BCUT2D eigenvalue weighted by molar-refractivity contribution is -0.153. The Balaban J connectivity index is 2.26. The van der Waals surface area contributed by atoms with Crippen molar-refractivity contribution in [3.05, 3.63) is 40.7 Å². The van der Waals surface area contributed by atoms with Crippen molar-refractivity contribution in [2.45, 2.75) is 6.18 Å². The van der Waals surface area contributed by atoms with Crippen molar-refractivity contribution in [2.75, 3.05) is 6.61 Å². The molecular weight excluding hydrogens is 235 g/mol. The zero-order valence-corrected chi connectivity index (χ0v) is 8.54. The second-order valence-corrected chi connectivity index (χ2v) is 3.48. The Morgan fingerprint density at radius 1 is 1.18 bits per heavy atom. The Hall–Kier alpha value is -1.98. The molecule has 0 aliphatic carbocycles. The quantitative estimate of drug-likeness (QED) is 0.880. The molecule has 2 rings (SSSR count). The van der Waals surface area contributed by atoms with E-state index in [-0.39, 0.29) is 11.3 Å². The predicted octanol–water partition coefficient (Wildman–Crippen LogP) is 2.47. The van der Waals surface area contributed by atoms with Crippen molar-refractivity contribution < 1.29 is 17.9 Å². The number of H-pyrrole nitrogens is 1. The summed E-state index contributed by atoms with van der Waals surface area (Å²) in [6.07, 6.45) is -4.36. The molecule has 1 aromatic carbocycles. The van der Waals surface area contributed by atoms with E-state index in [0.29, 0.717) is 10.9 Å². The van der Waals surface area contributed by atoms with Crippen LogP contribution < -0.4 is 10.3 Å². The minimum atomic E-state index is -4.36. The predicted molar refractivity (Wildman–Crippen MR) is 56.1 cm³/mol. The van der Waals surface area contributed by atoms with E-state index < -0.39 is 12.8 Å². The molecule has 0 spiro atoms. The second kappa shape index (κ2) is 4.12. The highest BCUT2D eigenvalue weighted by atomic mass is 19.4. The number of rotatable bonds is 2. The normalized spacial score (nSPS) is 11.7. The molecule has 0 atom stereocenters. The Kier molecular flexibility index (Phi) is 2.79. The fraction of sp³-hybridized carbons (Fsp3) is 0.182. The van der Waals surface area contributed by atoms with Gasteiger partial charge in [0.05, 0.1) is 0 Å². The summed E-state index contributed by atoms with van der Waals surface area (Å²) in [6, 6.07) is 7.15. The molecule has 90 valence electrons. The van der Waals surface area contributed by atoms with Crippen molar-refractivity contribution in [1.29, 1.82) is 0 Å². The molecule has 1 heterocycles. The van der Waals surface area contributed by atoms with Gasteiger partial charge in [-0.25, -0.2) is 0 Å². The molecule has 0 radical (unpaired) electrons. The van der Waals surface area contributed by atoms with Gasteiger partial charge in [-0.2, -0.15) is 13.2 Å². The number of hydrogen-bond donors (Lipinski definition) is 1. The van der Waals surface area contributed by atoms with Gasteiger partial charge < -0.3 is 9.72 Å². The Morgan fingerprint density at radius 2 is 1.94 bits per heavy atom. The van der Waals surface area contributed by atoms with Gasteiger partial charge in [-0.05, 0) is 24.3 Å². The van der Waals surface area contributed by atoms with Crippen LogP contribution in [-0.4, -0.2) is 17.8 Å². The van der Waals surface area contributed by atoms with Gasteiger partial charge in [0.2, 0.25) is 5.56 Å². The first-order chi connectivity index (χ1) is 7.94. The van der Waals surface area contributed by atoms with E-state index in [1.807, 2.05) is 0 Å². The van der Waals surface area contributed by atoms with Gasteiger partial charge in [-0.15, -0.1) is 0 Å². The van der Waals surface area contributed by atoms with E-state index in [1.165, 1.54) is 30.3 Å². The third kappa shape index (κ3) is 2.99. The van der Waals surface area contributed by atoms with Crippen molar-refractivity contribution >= 4 is 10.9 Å². The fourth-order valence-electron chi connectivity index (χ4n) is 1.39. The summed E-state index contributed by atoms with van der Waals surface area (Å²) in [4.78, 5) is 13.5. The first-order valence-electron chi connectivity index (χ1n) is 4.77. The maximum absolute atomic E-state index is 11.9. The number of aromatic nitrogens is 1. The fourth-order valence-corrected chi connectivity index (χ4v) is 1.39. The molecule has 0 bridgehead atoms. The number of nitrogens with one attached hydrogen (secondary N) is 1. The summed E-state index contributed by atoms with van der Waals surface area (Å²) in [5, 5.41) is 0.615. The van der Waals surface area contributed by atoms with Crippen LogP contribution in [0.4, 0.5) is 13.2 Å². The van der Waals surface area contributed by atoms with E-state index >= 15 is 0 Å². The van der Waals surface area contributed by atoms with Crippen LogP contribution in [-0.2, 0) is 0 Å². The number of aromatic amines is 1. The number of pyridine rings is 1. The van der Waals surface area contributed by atoms with Crippen LogP contribution >= 0.6 is 0 Å². The maximum Gasteiger partial charge on any atom is 0.422 e. The van der Waals surface area contributed by atoms with Gasteiger partial charge in [-0.3, -0.25) is 4.79 Å². The Morgan fingerprint density at radius 3 is 2.65 bits per heavy atom. The lowest BCUT2D eigenvalue weighted by atomic mass is 10.2. The number of ether oxygens (including phenoxy) is 1. The molecule has 1 N–H and O–H groups in total. The van der Waals surface area contributed by atoms with Crippen LogP contribution in [0.1, 0.15) is 0 Å². The third-order valence-electron chi connectivity index (χ3n) is 2.10. The lowest BCUT2D eigenvalue weighted by Crippen LogP contribution is -2.19. The smallest absolute Gasteiger partial charge is 0.422 e. The number of hydrogen-bond acceptors (Lipinski definition) is 2. The lowest BCUT2D eigenvalue weighted by Gasteiger charge is -2.09. The van der Waals surface area contributed by atoms with Gasteiger partial charge in [0.1, 0.15) is 5.75 Å². The highest BCUT2D eigenvalue weighted by Crippen LogP contribution is 2.21. The van der Waals surface area contributed by atoms with Crippen molar-refractivity contribution in [1.82, 2.24) is 4.98 Å². The molecule has 0 unspecified atom stereocenters. The van der Waals surface area contributed by atoms with Gasteiger partial charge in [0.25, 0.3) is 0 Å². The molecule has 17 heavy (non-hydrogen) atoms. The van der Waals surface area contributed by atoms with E-state index in [2.05, 4.69) is 9.72 Å². The number of alkyl halides is 3. The van der Waals surface area contributed by atoms with Crippen LogP contribution in [0.2, 0.25) is 0 Å². The van der Waals surface area contributed by atoms with Gasteiger partial charge in [0, 0.05) is 17.0 Å². The largest absolute Gasteiger partial charge is 0.484 e. The van der Waals surface area contributed by atoms with Crippen LogP contribution in [0.25, 0.3) is 10.9 Å². The SMILES string of the molecule is O=c1ccc2cc(OCC(F)(F)F)ccc2[nH]1. The van der Waals surface area contributed by atoms with Gasteiger partial charge in [0.15, 0.2) is 6.61 Å². The first-order valence-corrected chi connectivity index (χ1v) is 4.77. The highest BCUT2D eigenvalue weighted by Gasteiger charge is 2.28. The first kappa shape index (κ1) is 11.5. The Bertz CT molecular complexity index is 589. The molecule has 0 amide bonds. The number of fused-ring (bicyclic) bond motifs is 1. The van der Waals surface area contributed by atoms with Crippen LogP contribution in [0.15, 0.2) is 35.1 Å². The molecule has 0 aliphatic heterocycles. The molecular formula is C11H8F3NO2. The average Bonchev–Trinajstić information content (AvgIpc) is 2.25. The Labute approximate surface area is 93.8 Å². The highest BCUT2D eigenvalue weighted by molar-refractivity contribution is 5.79. The van der Waals surface area contributed by atoms with Crippen LogP contribution in [0, 0.1) is 0 Å². The molecule has 0 fully saturated rings. The average molecular weight is 243 g/mol. The topological polar surface area (TPSA) is 42.1 Å². The molecule has 3 nitrogen and oxygen atoms in total. The molecule has 0 saturated heterocycles. The van der Waals surface area contributed by atoms with E-state index in [9.17, 15) is 18.0 Å². The number of benzene rings is 1. The standard InChI is InChI=1S/C11H8F3NO2/c12-11(13,14)6-17-8-2-3-9-7(5-8)1-4-10(16)15-9/h1-5H,6H2,(H,15,16).